The molecule has 0 fully saturated rings. The Hall–Kier alpha value is -2.14. The van der Waals surface area contributed by atoms with Gasteiger partial charge in [-0.1, -0.05) is 12.1 Å². The Morgan fingerprint density at radius 3 is 2.75 bits per heavy atom. The first-order chi connectivity index (χ1) is 13.5. The van der Waals surface area contributed by atoms with E-state index in [2.05, 4.69) is 20.3 Å². The maximum absolute atomic E-state index is 12.1. The Morgan fingerprint density at radius 2 is 2.04 bits per heavy atom. The third-order valence-electron chi connectivity index (χ3n) is 3.55. The zero-order valence-electron chi connectivity index (χ0n) is 16.0. The van der Waals surface area contributed by atoms with Gasteiger partial charge in [-0.25, -0.2) is 13.1 Å². The first kappa shape index (κ1) is 22.2. The SMILES string of the molecule is CN=C(NCCNS(=O)(=O)c1cccs1)Nc1cccc(OCCCOC)c1. The second-order valence-corrected chi connectivity index (χ2v) is 8.62. The van der Waals surface area contributed by atoms with Crippen LogP contribution in [0.25, 0.3) is 0 Å². The summed E-state index contributed by atoms with van der Waals surface area (Å²) in [6.45, 7) is 1.86. The molecule has 3 N–H and O–H groups in total. The van der Waals surface area contributed by atoms with Crippen LogP contribution in [0.5, 0.6) is 5.75 Å². The summed E-state index contributed by atoms with van der Waals surface area (Å²) in [5.74, 6) is 1.28. The molecule has 0 spiro atoms. The summed E-state index contributed by atoms with van der Waals surface area (Å²) >= 11 is 1.18. The maximum Gasteiger partial charge on any atom is 0.250 e. The smallest absolute Gasteiger partial charge is 0.250 e. The average Bonchev–Trinajstić information content (AvgIpc) is 3.24. The fourth-order valence-electron chi connectivity index (χ4n) is 2.23. The number of hydrogen-bond acceptors (Lipinski definition) is 6. The van der Waals surface area contributed by atoms with Crippen molar-refractivity contribution in [3.63, 3.8) is 0 Å². The summed E-state index contributed by atoms with van der Waals surface area (Å²) in [6, 6.07) is 10.8. The minimum atomic E-state index is -3.46. The molecule has 2 rings (SSSR count). The number of nitrogens with zero attached hydrogens (tertiary/aromatic N) is 1. The van der Waals surface area contributed by atoms with Crippen molar-refractivity contribution in [2.75, 3.05) is 45.8 Å². The molecule has 154 valence electrons. The number of guanidine groups is 1. The van der Waals surface area contributed by atoms with Gasteiger partial charge in [-0.15, -0.1) is 11.3 Å². The van der Waals surface area contributed by atoms with Gasteiger partial charge in [-0.2, -0.15) is 0 Å². The molecule has 0 aliphatic heterocycles. The molecule has 2 aromatic rings. The first-order valence-corrected chi connectivity index (χ1v) is 11.1. The highest BCUT2D eigenvalue weighted by Crippen LogP contribution is 2.17. The number of nitrogens with one attached hydrogen (secondary N) is 3. The number of aliphatic imine (C=N–C) groups is 1. The normalized spacial score (nSPS) is 12.0. The molecule has 0 aliphatic carbocycles. The van der Waals surface area contributed by atoms with Crippen LogP contribution in [0.15, 0.2) is 51.0 Å². The molecule has 0 saturated carbocycles. The van der Waals surface area contributed by atoms with Crippen LogP contribution in [0.1, 0.15) is 6.42 Å². The van der Waals surface area contributed by atoms with Crippen LogP contribution < -0.4 is 20.1 Å². The predicted molar refractivity (Wildman–Crippen MR) is 113 cm³/mol. The van der Waals surface area contributed by atoms with E-state index in [4.69, 9.17) is 9.47 Å². The van der Waals surface area contributed by atoms with Gasteiger partial charge in [0.2, 0.25) is 10.0 Å². The van der Waals surface area contributed by atoms with Crippen LogP contribution in [-0.2, 0) is 14.8 Å². The number of benzene rings is 1. The number of methoxy groups -OCH3 is 1. The fraction of sp³-hybridized carbons (Fsp3) is 0.389. The largest absolute Gasteiger partial charge is 0.493 e. The second-order valence-electron chi connectivity index (χ2n) is 5.68. The summed E-state index contributed by atoms with van der Waals surface area (Å²) < 4.78 is 37.7. The third kappa shape index (κ3) is 7.47. The molecule has 1 aromatic carbocycles. The topological polar surface area (TPSA) is 101 Å². The van der Waals surface area contributed by atoms with E-state index in [0.717, 1.165) is 17.9 Å². The van der Waals surface area contributed by atoms with Crippen molar-refractivity contribution < 1.29 is 17.9 Å². The van der Waals surface area contributed by atoms with E-state index in [1.165, 1.54) is 11.3 Å². The van der Waals surface area contributed by atoms with Crippen molar-refractivity contribution in [1.29, 1.82) is 0 Å². The van der Waals surface area contributed by atoms with Crippen molar-refractivity contribution >= 4 is 33.0 Å². The molecule has 10 heteroatoms. The molecule has 8 nitrogen and oxygen atoms in total. The molecule has 1 aromatic heterocycles. The maximum atomic E-state index is 12.1. The fourth-order valence-corrected chi connectivity index (χ4v) is 4.30. The monoisotopic (exact) mass is 426 g/mol. The molecule has 0 radical (unpaired) electrons. The quantitative estimate of drug-likeness (QED) is 0.289. The van der Waals surface area contributed by atoms with Crippen LogP contribution in [-0.4, -0.2) is 54.8 Å². The molecule has 1 heterocycles. The summed E-state index contributed by atoms with van der Waals surface area (Å²) in [5.41, 5.74) is 0.816. The van der Waals surface area contributed by atoms with Crippen molar-refractivity contribution in [3.8, 4) is 5.75 Å². The molecule has 0 atom stereocenters. The predicted octanol–water partition coefficient (Wildman–Crippen LogP) is 2.13. The molecule has 0 amide bonds. The number of ether oxygens (including phenoxy) is 2. The number of rotatable bonds is 11. The van der Waals surface area contributed by atoms with E-state index in [1.54, 1.807) is 31.7 Å². The third-order valence-corrected chi connectivity index (χ3v) is 6.41. The van der Waals surface area contributed by atoms with Gasteiger partial charge in [0.05, 0.1) is 6.61 Å². The highest BCUT2D eigenvalue weighted by Gasteiger charge is 2.13. The van der Waals surface area contributed by atoms with E-state index in [9.17, 15) is 8.42 Å². The van der Waals surface area contributed by atoms with E-state index in [1.807, 2.05) is 24.3 Å². The van der Waals surface area contributed by atoms with E-state index >= 15 is 0 Å². The van der Waals surface area contributed by atoms with Crippen LogP contribution in [0.2, 0.25) is 0 Å². The lowest BCUT2D eigenvalue weighted by molar-refractivity contribution is 0.172. The highest BCUT2D eigenvalue weighted by molar-refractivity contribution is 7.91. The Kier molecular flexibility index (Phi) is 9.21. The van der Waals surface area contributed by atoms with Crippen LogP contribution in [0, 0.1) is 0 Å². The van der Waals surface area contributed by atoms with Gasteiger partial charge in [0, 0.05) is 52.0 Å². The van der Waals surface area contributed by atoms with Gasteiger partial charge < -0.3 is 20.1 Å². The highest BCUT2D eigenvalue weighted by atomic mass is 32.2. The van der Waals surface area contributed by atoms with Gasteiger partial charge in [0.25, 0.3) is 0 Å². The van der Waals surface area contributed by atoms with Gasteiger partial charge in [-0.05, 0) is 23.6 Å². The molecule has 0 aliphatic rings. The second kappa shape index (κ2) is 11.6. The summed E-state index contributed by atoms with van der Waals surface area (Å²) in [4.78, 5) is 4.15. The van der Waals surface area contributed by atoms with Crippen LogP contribution in [0.3, 0.4) is 0 Å². The van der Waals surface area contributed by atoms with Crippen molar-refractivity contribution in [2.45, 2.75) is 10.6 Å². The van der Waals surface area contributed by atoms with Gasteiger partial charge in [0.1, 0.15) is 9.96 Å². The van der Waals surface area contributed by atoms with Gasteiger partial charge in [-0.3, -0.25) is 4.99 Å². The van der Waals surface area contributed by atoms with Crippen LogP contribution >= 0.6 is 11.3 Å². The molecule has 0 bridgehead atoms. The standard InChI is InChI=1S/C18H26N4O4S2/c1-19-18(20-9-10-21-28(23,24)17-8-4-13-27-17)22-15-6-3-7-16(14-15)26-12-5-11-25-2/h3-4,6-8,13-14,21H,5,9-12H2,1-2H3,(H2,19,20,22). The lowest BCUT2D eigenvalue weighted by Crippen LogP contribution is -2.37. The zero-order chi connectivity index (χ0) is 20.2. The van der Waals surface area contributed by atoms with Gasteiger partial charge >= 0.3 is 0 Å². The molecular weight excluding hydrogens is 400 g/mol. The number of thiophene rings is 1. The number of hydrogen-bond donors (Lipinski definition) is 3. The average molecular weight is 427 g/mol. The lowest BCUT2D eigenvalue weighted by Gasteiger charge is -2.13. The minimum Gasteiger partial charge on any atom is -0.493 e. The Labute approximate surface area is 170 Å². The van der Waals surface area contributed by atoms with E-state index in [0.29, 0.717) is 29.9 Å². The Balaban J connectivity index is 1.78. The minimum absolute atomic E-state index is 0.240. The molecule has 0 unspecified atom stereocenters. The van der Waals surface area contributed by atoms with Crippen molar-refractivity contribution in [2.24, 2.45) is 4.99 Å². The van der Waals surface area contributed by atoms with E-state index in [-0.39, 0.29) is 6.54 Å². The number of anilines is 1. The first-order valence-electron chi connectivity index (χ1n) is 8.78. The number of sulfonamides is 1. The lowest BCUT2D eigenvalue weighted by atomic mass is 10.3. The Bertz CT molecular complexity index is 839. The van der Waals surface area contributed by atoms with Crippen LogP contribution in [0.4, 0.5) is 5.69 Å². The zero-order valence-corrected chi connectivity index (χ0v) is 17.6. The summed E-state index contributed by atoms with van der Waals surface area (Å²) in [5, 5.41) is 7.96. The van der Waals surface area contributed by atoms with Gasteiger partial charge in [0.15, 0.2) is 5.96 Å². The van der Waals surface area contributed by atoms with E-state index < -0.39 is 10.0 Å². The Morgan fingerprint density at radius 1 is 1.18 bits per heavy atom. The van der Waals surface area contributed by atoms with Crippen molar-refractivity contribution in [3.05, 3.63) is 41.8 Å². The molecular formula is C18H26N4O4S2. The molecule has 0 saturated heterocycles. The molecule has 28 heavy (non-hydrogen) atoms. The van der Waals surface area contributed by atoms with Crippen molar-refractivity contribution in [1.82, 2.24) is 10.0 Å². The summed E-state index contributed by atoms with van der Waals surface area (Å²) in [7, 11) is -0.144. The summed E-state index contributed by atoms with van der Waals surface area (Å²) in [6.07, 6.45) is 0.818.